The summed E-state index contributed by atoms with van der Waals surface area (Å²) in [6.45, 7) is 1.82. The van der Waals surface area contributed by atoms with Crippen LogP contribution in [0.15, 0.2) is 42.5 Å². The van der Waals surface area contributed by atoms with Crippen LogP contribution >= 0.6 is 0 Å². The van der Waals surface area contributed by atoms with Crippen LogP contribution in [-0.4, -0.2) is 13.2 Å². The van der Waals surface area contributed by atoms with Gasteiger partial charge in [0.2, 0.25) is 0 Å². The average Bonchev–Trinajstić information content (AvgIpc) is 2.46. The SMILES string of the molecule is COC(=O)Nc1cc(C)ccc1-c1cccc(C(F)(F)F)c1. The van der Waals surface area contributed by atoms with Gasteiger partial charge in [0, 0.05) is 5.56 Å². The number of hydrogen-bond acceptors (Lipinski definition) is 2. The van der Waals surface area contributed by atoms with Crippen LogP contribution in [0.4, 0.5) is 23.7 Å². The zero-order chi connectivity index (χ0) is 16.3. The summed E-state index contributed by atoms with van der Waals surface area (Å²) < 4.78 is 43.0. The Morgan fingerprint density at radius 3 is 2.50 bits per heavy atom. The van der Waals surface area contributed by atoms with Crippen molar-refractivity contribution in [2.24, 2.45) is 0 Å². The summed E-state index contributed by atoms with van der Waals surface area (Å²) in [5.74, 6) is 0. The maximum atomic E-state index is 12.8. The number of methoxy groups -OCH3 is 1. The Balaban J connectivity index is 2.50. The fraction of sp³-hybridized carbons (Fsp3) is 0.188. The standard InChI is InChI=1S/C16H14F3NO2/c1-10-6-7-13(14(8-10)20-15(21)22-2)11-4-3-5-12(9-11)16(17,18)19/h3-9H,1-2H3,(H,20,21). The lowest BCUT2D eigenvalue weighted by Gasteiger charge is -2.13. The molecule has 0 saturated heterocycles. The molecule has 6 heteroatoms. The first-order chi connectivity index (χ1) is 10.3. The van der Waals surface area contributed by atoms with Crippen LogP contribution in [0.3, 0.4) is 0 Å². The summed E-state index contributed by atoms with van der Waals surface area (Å²) in [6.07, 6.45) is -5.10. The Morgan fingerprint density at radius 1 is 1.14 bits per heavy atom. The number of anilines is 1. The van der Waals surface area contributed by atoms with E-state index in [1.165, 1.54) is 13.2 Å². The Morgan fingerprint density at radius 2 is 1.86 bits per heavy atom. The monoisotopic (exact) mass is 309 g/mol. The second kappa shape index (κ2) is 6.09. The third-order valence-corrected chi connectivity index (χ3v) is 3.10. The molecule has 0 fully saturated rings. The van der Waals surface area contributed by atoms with E-state index in [1.807, 2.05) is 6.92 Å². The van der Waals surface area contributed by atoms with Crippen LogP contribution in [0.2, 0.25) is 0 Å². The van der Waals surface area contributed by atoms with Crippen LogP contribution in [-0.2, 0) is 10.9 Å². The summed E-state index contributed by atoms with van der Waals surface area (Å²) in [5, 5.41) is 2.52. The molecule has 2 aromatic rings. The topological polar surface area (TPSA) is 38.3 Å². The van der Waals surface area contributed by atoms with Gasteiger partial charge in [0.05, 0.1) is 18.4 Å². The van der Waals surface area contributed by atoms with Crippen molar-refractivity contribution in [3.8, 4) is 11.1 Å². The third kappa shape index (κ3) is 3.58. The summed E-state index contributed by atoms with van der Waals surface area (Å²) in [5.41, 5.74) is 1.37. The van der Waals surface area contributed by atoms with E-state index in [0.717, 1.165) is 17.7 Å². The zero-order valence-corrected chi connectivity index (χ0v) is 12.0. The highest BCUT2D eigenvalue weighted by molar-refractivity contribution is 5.91. The molecule has 0 radical (unpaired) electrons. The maximum absolute atomic E-state index is 12.8. The number of alkyl halides is 3. The predicted molar refractivity (Wildman–Crippen MR) is 77.6 cm³/mol. The number of rotatable bonds is 2. The van der Waals surface area contributed by atoms with Crippen molar-refractivity contribution in [3.05, 3.63) is 53.6 Å². The van der Waals surface area contributed by atoms with Gasteiger partial charge in [-0.05, 0) is 36.2 Å². The van der Waals surface area contributed by atoms with Crippen molar-refractivity contribution in [3.63, 3.8) is 0 Å². The number of carbonyl (C=O) groups excluding carboxylic acids is 1. The molecule has 1 amide bonds. The molecule has 116 valence electrons. The maximum Gasteiger partial charge on any atom is 0.416 e. The molecule has 22 heavy (non-hydrogen) atoms. The van der Waals surface area contributed by atoms with Crippen LogP contribution in [0.25, 0.3) is 11.1 Å². The minimum absolute atomic E-state index is 0.362. The van der Waals surface area contributed by atoms with Crippen molar-refractivity contribution in [2.75, 3.05) is 12.4 Å². The van der Waals surface area contributed by atoms with Crippen molar-refractivity contribution in [1.29, 1.82) is 0 Å². The molecule has 0 aliphatic rings. The van der Waals surface area contributed by atoms with Gasteiger partial charge in [-0.3, -0.25) is 5.32 Å². The van der Waals surface area contributed by atoms with Gasteiger partial charge in [-0.2, -0.15) is 13.2 Å². The molecular weight excluding hydrogens is 295 g/mol. The number of halogens is 3. The Hall–Kier alpha value is -2.50. The summed E-state index contributed by atoms with van der Waals surface area (Å²) in [7, 11) is 1.22. The van der Waals surface area contributed by atoms with E-state index in [2.05, 4.69) is 10.1 Å². The molecule has 1 N–H and O–H groups in total. The fourth-order valence-electron chi connectivity index (χ4n) is 2.04. The van der Waals surface area contributed by atoms with Gasteiger partial charge in [-0.15, -0.1) is 0 Å². The van der Waals surface area contributed by atoms with Crippen LogP contribution in [0, 0.1) is 6.92 Å². The average molecular weight is 309 g/mol. The van der Waals surface area contributed by atoms with E-state index < -0.39 is 17.8 Å². The van der Waals surface area contributed by atoms with E-state index in [4.69, 9.17) is 0 Å². The molecule has 0 bridgehead atoms. The summed E-state index contributed by atoms with van der Waals surface area (Å²) in [4.78, 5) is 11.4. The quantitative estimate of drug-likeness (QED) is 0.860. The highest BCUT2D eigenvalue weighted by atomic mass is 19.4. The summed E-state index contributed by atoms with van der Waals surface area (Å²) >= 11 is 0. The second-order valence-electron chi connectivity index (χ2n) is 4.74. The first-order valence-corrected chi connectivity index (χ1v) is 6.44. The Kier molecular flexibility index (Phi) is 4.40. The van der Waals surface area contributed by atoms with Crippen LogP contribution in [0.1, 0.15) is 11.1 Å². The molecule has 3 nitrogen and oxygen atoms in total. The van der Waals surface area contributed by atoms with Crippen molar-refractivity contribution >= 4 is 11.8 Å². The first kappa shape index (κ1) is 15.9. The molecule has 2 rings (SSSR count). The fourth-order valence-corrected chi connectivity index (χ4v) is 2.04. The molecule has 0 heterocycles. The van der Waals surface area contributed by atoms with Gasteiger partial charge in [0.1, 0.15) is 0 Å². The third-order valence-electron chi connectivity index (χ3n) is 3.10. The molecule has 0 spiro atoms. The molecule has 0 aliphatic heterocycles. The number of nitrogens with one attached hydrogen (secondary N) is 1. The lowest BCUT2D eigenvalue weighted by Crippen LogP contribution is -2.12. The largest absolute Gasteiger partial charge is 0.453 e. The lowest BCUT2D eigenvalue weighted by atomic mass is 9.99. The molecule has 2 aromatic carbocycles. The molecule has 0 aromatic heterocycles. The highest BCUT2D eigenvalue weighted by Crippen LogP contribution is 2.34. The van der Waals surface area contributed by atoms with E-state index in [-0.39, 0.29) is 0 Å². The highest BCUT2D eigenvalue weighted by Gasteiger charge is 2.30. The second-order valence-corrected chi connectivity index (χ2v) is 4.74. The van der Waals surface area contributed by atoms with Gasteiger partial charge in [0.15, 0.2) is 0 Å². The minimum Gasteiger partial charge on any atom is -0.453 e. The van der Waals surface area contributed by atoms with Gasteiger partial charge < -0.3 is 4.74 Å². The number of ether oxygens (including phenoxy) is 1. The van der Waals surface area contributed by atoms with E-state index in [9.17, 15) is 18.0 Å². The molecular formula is C16H14F3NO2. The molecule has 0 atom stereocenters. The van der Waals surface area contributed by atoms with Gasteiger partial charge in [-0.1, -0.05) is 24.3 Å². The number of carbonyl (C=O) groups is 1. The first-order valence-electron chi connectivity index (χ1n) is 6.44. The smallest absolute Gasteiger partial charge is 0.416 e. The van der Waals surface area contributed by atoms with Crippen LogP contribution in [0.5, 0.6) is 0 Å². The number of benzene rings is 2. The van der Waals surface area contributed by atoms with E-state index >= 15 is 0 Å². The van der Waals surface area contributed by atoms with E-state index in [1.54, 1.807) is 24.3 Å². The van der Waals surface area contributed by atoms with Crippen LogP contribution < -0.4 is 5.32 Å². The zero-order valence-electron chi connectivity index (χ0n) is 12.0. The van der Waals surface area contributed by atoms with E-state index in [0.29, 0.717) is 16.8 Å². The number of aryl methyl sites for hydroxylation is 1. The van der Waals surface area contributed by atoms with Gasteiger partial charge in [0.25, 0.3) is 0 Å². The number of hydrogen-bond donors (Lipinski definition) is 1. The molecule has 0 unspecified atom stereocenters. The Bertz CT molecular complexity index is 696. The Labute approximate surface area is 125 Å². The minimum atomic E-state index is -4.42. The predicted octanol–water partition coefficient (Wildman–Crippen LogP) is 4.86. The van der Waals surface area contributed by atoms with Gasteiger partial charge in [-0.25, -0.2) is 4.79 Å². The van der Waals surface area contributed by atoms with Crippen molar-refractivity contribution in [2.45, 2.75) is 13.1 Å². The molecule has 0 aliphatic carbocycles. The van der Waals surface area contributed by atoms with Gasteiger partial charge >= 0.3 is 12.3 Å². The normalized spacial score (nSPS) is 11.1. The molecule has 0 saturated carbocycles. The lowest BCUT2D eigenvalue weighted by molar-refractivity contribution is -0.137. The number of amides is 1. The van der Waals surface area contributed by atoms with Crippen molar-refractivity contribution < 1.29 is 22.7 Å². The summed E-state index contributed by atoms with van der Waals surface area (Å²) in [6, 6.07) is 10.0. The van der Waals surface area contributed by atoms with Crippen molar-refractivity contribution in [1.82, 2.24) is 0 Å².